The summed E-state index contributed by atoms with van der Waals surface area (Å²) in [6.07, 6.45) is -3.81. The van der Waals surface area contributed by atoms with Gasteiger partial charge < -0.3 is 19.7 Å². The predicted molar refractivity (Wildman–Crippen MR) is 88.7 cm³/mol. The number of esters is 1. The Labute approximate surface area is 147 Å². The maximum atomic E-state index is 12.0. The molecule has 0 spiro atoms. The van der Waals surface area contributed by atoms with E-state index in [0.29, 0.717) is 5.56 Å². The standard InChI is InChI=1S/C17H18N2O7/c1-9-7-19(17(24)18-14(9)22)15-13(21)12(20)11(26-15)8-25-16(23)10-5-3-2-4-6-10/h2-7,11-13,15,20-21H,8H2,1H3,(H,18,22,24)/t11-,12+,13-,15+/m0/s1. The van der Waals surface area contributed by atoms with Gasteiger partial charge in [-0.25, -0.2) is 9.59 Å². The Morgan fingerprint density at radius 2 is 1.92 bits per heavy atom. The highest BCUT2D eigenvalue weighted by Crippen LogP contribution is 2.28. The van der Waals surface area contributed by atoms with Crippen LogP contribution in [0.5, 0.6) is 0 Å². The Morgan fingerprint density at radius 3 is 2.62 bits per heavy atom. The van der Waals surface area contributed by atoms with Crippen LogP contribution in [0.4, 0.5) is 0 Å². The minimum Gasteiger partial charge on any atom is -0.459 e. The molecular formula is C17H18N2O7. The Morgan fingerprint density at radius 1 is 1.23 bits per heavy atom. The van der Waals surface area contributed by atoms with Gasteiger partial charge in [-0.1, -0.05) is 18.2 Å². The number of rotatable bonds is 4. The molecule has 0 bridgehead atoms. The summed E-state index contributed by atoms with van der Waals surface area (Å²) < 4.78 is 11.6. The van der Waals surface area contributed by atoms with Crippen molar-refractivity contribution in [1.82, 2.24) is 9.55 Å². The first-order valence-corrected chi connectivity index (χ1v) is 7.94. The fourth-order valence-corrected chi connectivity index (χ4v) is 2.69. The maximum absolute atomic E-state index is 12.0. The first kappa shape index (κ1) is 18.1. The van der Waals surface area contributed by atoms with Gasteiger partial charge in [0.2, 0.25) is 0 Å². The third-order valence-corrected chi connectivity index (χ3v) is 4.15. The predicted octanol–water partition coefficient (Wildman–Crippen LogP) is -0.679. The lowest BCUT2D eigenvalue weighted by molar-refractivity contribution is -0.0599. The van der Waals surface area contributed by atoms with Crippen molar-refractivity contribution in [2.75, 3.05) is 6.61 Å². The van der Waals surface area contributed by atoms with E-state index in [0.717, 1.165) is 4.57 Å². The molecule has 1 aliphatic heterocycles. The summed E-state index contributed by atoms with van der Waals surface area (Å²) >= 11 is 0. The number of aryl methyl sites for hydroxylation is 1. The molecule has 1 aromatic heterocycles. The van der Waals surface area contributed by atoms with Crippen molar-refractivity contribution < 1.29 is 24.5 Å². The van der Waals surface area contributed by atoms with E-state index >= 15 is 0 Å². The van der Waals surface area contributed by atoms with Gasteiger partial charge in [0.25, 0.3) is 5.56 Å². The first-order chi connectivity index (χ1) is 12.4. The van der Waals surface area contributed by atoms with E-state index in [9.17, 15) is 24.6 Å². The van der Waals surface area contributed by atoms with Crippen LogP contribution < -0.4 is 11.2 Å². The average molecular weight is 362 g/mol. The number of aliphatic hydroxyl groups excluding tert-OH is 2. The molecule has 1 saturated heterocycles. The third kappa shape index (κ3) is 3.45. The molecule has 4 atom stereocenters. The van der Waals surface area contributed by atoms with Gasteiger partial charge in [0.15, 0.2) is 6.23 Å². The van der Waals surface area contributed by atoms with E-state index in [1.807, 2.05) is 0 Å². The molecule has 3 rings (SSSR count). The second kappa shape index (κ2) is 7.24. The molecule has 2 heterocycles. The van der Waals surface area contributed by atoms with Crippen LogP contribution in [0.15, 0.2) is 46.1 Å². The van der Waals surface area contributed by atoms with Gasteiger partial charge in [-0.3, -0.25) is 14.3 Å². The zero-order valence-electron chi connectivity index (χ0n) is 13.9. The van der Waals surface area contributed by atoms with Crippen molar-refractivity contribution >= 4 is 5.97 Å². The molecule has 138 valence electrons. The van der Waals surface area contributed by atoms with Crippen LogP contribution in [-0.2, 0) is 9.47 Å². The zero-order chi connectivity index (χ0) is 18.8. The number of aromatic nitrogens is 2. The van der Waals surface area contributed by atoms with Crippen molar-refractivity contribution in [2.45, 2.75) is 31.5 Å². The lowest BCUT2D eigenvalue weighted by Crippen LogP contribution is -2.38. The van der Waals surface area contributed by atoms with Crippen LogP contribution in [0.25, 0.3) is 0 Å². The van der Waals surface area contributed by atoms with E-state index in [1.54, 1.807) is 30.3 Å². The summed E-state index contributed by atoms with van der Waals surface area (Å²) in [5.41, 5.74) is -0.746. The molecule has 1 aromatic carbocycles. The zero-order valence-corrected chi connectivity index (χ0v) is 13.9. The Balaban J connectivity index is 1.72. The van der Waals surface area contributed by atoms with Crippen molar-refractivity contribution in [3.05, 3.63) is 68.5 Å². The largest absolute Gasteiger partial charge is 0.459 e. The normalized spacial score (nSPS) is 25.2. The molecule has 1 fully saturated rings. The van der Waals surface area contributed by atoms with Gasteiger partial charge in [0, 0.05) is 11.8 Å². The number of aliphatic hydroxyl groups is 2. The summed E-state index contributed by atoms with van der Waals surface area (Å²) in [4.78, 5) is 37.4. The van der Waals surface area contributed by atoms with Crippen LogP contribution in [-0.4, -0.2) is 50.7 Å². The highest BCUT2D eigenvalue weighted by Gasteiger charge is 2.44. The SMILES string of the molecule is Cc1cn([C@@H]2O[C@@H](COC(=O)c3ccccc3)[C@@H](O)[C@@H]2O)c(=O)[nH]c1=O. The number of hydrogen-bond acceptors (Lipinski definition) is 7. The average Bonchev–Trinajstić information content (AvgIpc) is 2.91. The van der Waals surface area contributed by atoms with E-state index in [2.05, 4.69) is 4.98 Å². The highest BCUT2D eigenvalue weighted by atomic mass is 16.6. The lowest BCUT2D eigenvalue weighted by atomic mass is 10.1. The van der Waals surface area contributed by atoms with Gasteiger partial charge in [0.05, 0.1) is 5.56 Å². The molecular weight excluding hydrogens is 344 g/mol. The molecule has 9 nitrogen and oxygen atoms in total. The molecule has 9 heteroatoms. The van der Waals surface area contributed by atoms with Crippen molar-refractivity contribution in [3.8, 4) is 0 Å². The number of hydrogen-bond donors (Lipinski definition) is 3. The van der Waals surface area contributed by atoms with Crippen LogP contribution in [0.3, 0.4) is 0 Å². The lowest BCUT2D eigenvalue weighted by Gasteiger charge is -2.17. The number of aromatic amines is 1. The summed E-state index contributed by atoms with van der Waals surface area (Å²) in [5.74, 6) is -0.601. The van der Waals surface area contributed by atoms with Crippen LogP contribution in [0.1, 0.15) is 22.1 Å². The van der Waals surface area contributed by atoms with Gasteiger partial charge in [-0.05, 0) is 19.1 Å². The summed E-state index contributed by atoms with van der Waals surface area (Å²) in [6.45, 7) is 1.19. The summed E-state index contributed by atoms with van der Waals surface area (Å²) in [7, 11) is 0. The van der Waals surface area contributed by atoms with Crippen LogP contribution >= 0.6 is 0 Å². The number of H-pyrrole nitrogens is 1. The molecule has 0 radical (unpaired) electrons. The monoisotopic (exact) mass is 362 g/mol. The van der Waals surface area contributed by atoms with Gasteiger partial charge in [0.1, 0.15) is 24.9 Å². The Kier molecular flexibility index (Phi) is 5.03. The summed E-state index contributed by atoms with van der Waals surface area (Å²) in [5, 5.41) is 20.3. The minimum absolute atomic E-state index is 0.244. The molecule has 1 aliphatic rings. The van der Waals surface area contributed by atoms with E-state index in [4.69, 9.17) is 9.47 Å². The number of carbonyl (C=O) groups excluding carboxylic acids is 1. The first-order valence-electron chi connectivity index (χ1n) is 7.94. The maximum Gasteiger partial charge on any atom is 0.338 e. The number of nitrogens with zero attached hydrogens (tertiary/aromatic N) is 1. The number of nitrogens with one attached hydrogen (secondary N) is 1. The Hall–Kier alpha value is -2.75. The molecule has 0 amide bonds. The number of ether oxygens (including phenoxy) is 2. The number of benzene rings is 1. The highest BCUT2D eigenvalue weighted by molar-refractivity contribution is 5.89. The summed E-state index contributed by atoms with van der Waals surface area (Å²) in [6, 6.07) is 8.28. The molecule has 0 unspecified atom stereocenters. The smallest absolute Gasteiger partial charge is 0.338 e. The third-order valence-electron chi connectivity index (χ3n) is 4.15. The van der Waals surface area contributed by atoms with Crippen molar-refractivity contribution in [1.29, 1.82) is 0 Å². The van der Waals surface area contributed by atoms with Gasteiger partial charge >= 0.3 is 11.7 Å². The van der Waals surface area contributed by atoms with E-state index < -0.39 is 41.8 Å². The minimum atomic E-state index is -1.43. The number of carbonyl (C=O) groups is 1. The van der Waals surface area contributed by atoms with Crippen LogP contribution in [0.2, 0.25) is 0 Å². The fourth-order valence-electron chi connectivity index (χ4n) is 2.69. The molecule has 26 heavy (non-hydrogen) atoms. The molecule has 2 aromatic rings. The van der Waals surface area contributed by atoms with E-state index in [1.165, 1.54) is 13.1 Å². The Bertz CT molecular complexity index is 905. The second-order valence-electron chi connectivity index (χ2n) is 5.99. The molecule has 0 aliphatic carbocycles. The van der Waals surface area contributed by atoms with Crippen molar-refractivity contribution in [2.24, 2.45) is 0 Å². The van der Waals surface area contributed by atoms with E-state index in [-0.39, 0.29) is 12.2 Å². The van der Waals surface area contributed by atoms with Gasteiger partial charge in [-0.15, -0.1) is 0 Å². The second-order valence-corrected chi connectivity index (χ2v) is 5.99. The molecule has 0 saturated carbocycles. The van der Waals surface area contributed by atoms with Crippen LogP contribution in [0, 0.1) is 6.92 Å². The topological polar surface area (TPSA) is 131 Å². The fraction of sp³-hybridized carbons (Fsp3) is 0.353. The molecule has 3 N–H and O–H groups in total. The van der Waals surface area contributed by atoms with Gasteiger partial charge in [-0.2, -0.15) is 0 Å². The quantitative estimate of drug-likeness (QED) is 0.614. The van der Waals surface area contributed by atoms with Crippen molar-refractivity contribution in [3.63, 3.8) is 0 Å².